The predicted octanol–water partition coefficient (Wildman–Crippen LogP) is -0.391. The van der Waals surface area contributed by atoms with Crippen LogP contribution in [0.4, 0.5) is 5.95 Å². The summed E-state index contributed by atoms with van der Waals surface area (Å²) in [5.41, 5.74) is 0. The maximum atomic E-state index is 10.7. The van der Waals surface area contributed by atoms with E-state index in [1.807, 2.05) is 0 Å². The van der Waals surface area contributed by atoms with Crippen LogP contribution in [0.3, 0.4) is 0 Å². The number of aliphatic hydroxyl groups excluding tert-OH is 2. The van der Waals surface area contributed by atoms with Gasteiger partial charge in [-0.2, -0.15) is 0 Å². The van der Waals surface area contributed by atoms with Crippen LogP contribution in [0.1, 0.15) is 12.8 Å². The Balaban J connectivity index is 1.85. The largest absolute Gasteiger partial charge is 0.434 e. The van der Waals surface area contributed by atoms with Crippen LogP contribution < -0.4 is 0 Å². The Hall–Kier alpha value is -1.51. The predicted molar refractivity (Wildman–Crippen MR) is 66.6 cm³/mol. The van der Waals surface area contributed by atoms with Gasteiger partial charge in [-0.15, -0.1) is 0 Å². The van der Waals surface area contributed by atoms with Crippen molar-refractivity contribution in [3.8, 4) is 0 Å². The average Bonchev–Trinajstić information content (AvgIpc) is 2.80. The number of likely N-dealkylation sites (tertiary alicyclic amines) is 1. The van der Waals surface area contributed by atoms with Crippen molar-refractivity contribution < 1.29 is 15.1 Å². The van der Waals surface area contributed by atoms with Gasteiger partial charge in [0, 0.05) is 19.6 Å². The highest BCUT2D eigenvalue weighted by atomic mass is 16.6. The standard InChI is InChI=1S/C11H18N4O4/c16-9-1-4-13(5-2-9)7-10(17)8-14-6-3-12-11(14)15(18)19/h3,6,9-10,16-17H,1-2,4-5,7-8H2. The van der Waals surface area contributed by atoms with Crippen molar-refractivity contribution in [2.75, 3.05) is 19.6 Å². The molecule has 1 fully saturated rings. The van der Waals surface area contributed by atoms with E-state index in [1.165, 1.54) is 17.0 Å². The molecule has 2 N–H and O–H groups in total. The topological polar surface area (TPSA) is 105 Å². The summed E-state index contributed by atoms with van der Waals surface area (Å²) in [5, 5.41) is 30.1. The summed E-state index contributed by atoms with van der Waals surface area (Å²) in [6.07, 6.45) is 3.31. The van der Waals surface area contributed by atoms with Crippen LogP contribution in [0.5, 0.6) is 0 Å². The maximum Gasteiger partial charge on any atom is 0.434 e. The lowest BCUT2D eigenvalue weighted by atomic mass is 10.1. The molecule has 19 heavy (non-hydrogen) atoms. The molecule has 1 saturated heterocycles. The molecule has 0 radical (unpaired) electrons. The number of β-amino-alcohol motifs (C(OH)–C–C–N with tert-alkyl or cyclic N) is 1. The lowest BCUT2D eigenvalue weighted by molar-refractivity contribution is -0.397. The monoisotopic (exact) mass is 270 g/mol. The molecular weight excluding hydrogens is 252 g/mol. The number of aliphatic hydroxyl groups is 2. The van der Waals surface area contributed by atoms with Gasteiger partial charge in [0.25, 0.3) is 0 Å². The normalized spacial score (nSPS) is 19.5. The molecule has 1 unspecified atom stereocenters. The molecule has 0 bridgehead atoms. The molecule has 106 valence electrons. The number of piperidine rings is 1. The molecule has 0 aliphatic carbocycles. The highest BCUT2D eigenvalue weighted by Gasteiger charge is 2.22. The Bertz CT molecular complexity index is 428. The van der Waals surface area contributed by atoms with Crippen LogP contribution in [-0.2, 0) is 6.54 Å². The van der Waals surface area contributed by atoms with E-state index in [1.54, 1.807) is 0 Å². The molecule has 1 atom stereocenters. The summed E-state index contributed by atoms with van der Waals surface area (Å²) in [6, 6.07) is 0. The summed E-state index contributed by atoms with van der Waals surface area (Å²) in [5.74, 6) is -0.256. The van der Waals surface area contributed by atoms with Crippen molar-refractivity contribution >= 4 is 5.95 Å². The first-order valence-electron chi connectivity index (χ1n) is 6.30. The number of hydrogen-bond donors (Lipinski definition) is 2. The summed E-state index contributed by atoms with van der Waals surface area (Å²) >= 11 is 0. The van der Waals surface area contributed by atoms with E-state index in [0.29, 0.717) is 19.4 Å². The van der Waals surface area contributed by atoms with E-state index in [4.69, 9.17) is 0 Å². The van der Waals surface area contributed by atoms with Crippen molar-refractivity contribution in [2.24, 2.45) is 0 Å². The molecule has 0 saturated carbocycles. The fraction of sp³-hybridized carbons (Fsp3) is 0.727. The van der Waals surface area contributed by atoms with E-state index in [-0.39, 0.29) is 18.6 Å². The second-order valence-electron chi connectivity index (χ2n) is 4.82. The highest BCUT2D eigenvalue weighted by Crippen LogP contribution is 2.12. The third kappa shape index (κ3) is 3.72. The molecule has 8 heteroatoms. The molecule has 0 amide bonds. The molecule has 8 nitrogen and oxygen atoms in total. The zero-order valence-corrected chi connectivity index (χ0v) is 10.6. The van der Waals surface area contributed by atoms with Crippen molar-refractivity contribution in [2.45, 2.75) is 31.6 Å². The minimum absolute atomic E-state index is 0.148. The second-order valence-corrected chi connectivity index (χ2v) is 4.82. The summed E-state index contributed by atoms with van der Waals surface area (Å²) in [7, 11) is 0. The van der Waals surface area contributed by atoms with Crippen molar-refractivity contribution in [3.05, 3.63) is 22.5 Å². The molecule has 0 aromatic carbocycles. The van der Waals surface area contributed by atoms with E-state index in [9.17, 15) is 20.3 Å². The number of nitrogens with zero attached hydrogens (tertiary/aromatic N) is 4. The first-order chi connectivity index (χ1) is 9.06. The van der Waals surface area contributed by atoms with Gasteiger partial charge in [-0.1, -0.05) is 4.98 Å². The Kier molecular flexibility index (Phi) is 4.46. The second kappa shape index (κ2) is 6.09. The smallest absolute Gasteiger partial charge is 0.393 e. The van der Waals surface area contributed by atoms with Crippen molar-refractivity contribution in [3.63, 3.8) is 0 Å². The molecule has 1 aromatic heterocycles. The molecule has 2 rings (SSSR count). The van der Waals surface area contributed by atoms with E-state index < -0.39 is 11.0 Å². The van der Waals surface area contributed by atoms with Crippen molar-refractivity contribution in [1.29, 1.82) is 0 Å². The Morgan fingerprint density at radius 2 is 2.16 bits per heavy atom. The number of rotatable bonds is 5. The Labute approximate surface area is 110 Å². The highest BCUT2D eigenvalue weighted by molar-refractivity contribution is 5.06. The van der Waals surface area contributed by atoms with Gasteiger partial charge in [-0.25, -0.2) is 4.57 Å². The fourth-order valence-electron chi connectivity index (χ4n) is 2.30. The van der Waals surface area contributed by atoms with Gasteiger partial charge in [0.05, 0.1) is 18.8 Å². The first kappa shape index (κ1) is 13.9. The zero-order valence-electron chi connectivity index (χ0n) is 10.6. The minimum Gasteiger partial charge on any atom is -0.393 e. The SMILES string of the molecule is O=[N+]([O-])c1nccn1CC(O)CN1CCC(O)CC1. The number of hydrogen-bond acceptors (Lipinski definition) is 6. The maximum absolute atomic E-state index is 10.7. The summed E-state index contributed by atoms with van der Waals surface area (Å²) in [4.78, 5) is 15.8. The van der Waals surface area contributed by atoms with Gasteiger partial charge in [0.15, 0.2) is 0 Å². The molecule has 0 spiro atoms. The van der Waals surface area contributed by atoms with E-state index in [0.717, 1.165) is 13.1 Å². The van der Waals surface area contributed by atoms with Gasteiger partial charge in [0.1, 0.15) is 12.4 Å². The number of nitro groups is 1. The lowest BCUT2D eigenvalue weighted by Gasteiger charge is -2.30. The third-order valence-electron chi connectivity index (χ3n) is 3.29. The Morgan fingerprint density at radius 1 is 1.47 bits per heavy atom. The molecule has 1 aromatic rings. The first-order valence-corrected chi connectivity index (χ1v) is 6.30. The summed E-state index contributed by atoms with van der Waals surface area (Å²) in [6.45, 7) is 2.08. The van der Waals surface area contributed by atoms with Crippen LogP contribution in [0.2, 0.25) is 0 Å². The Morgan fingerprint density at radius 3 is 2.79 bits per heavy atom. The van der Waals surface area contributed by atoms with Gasteiger partial charge < -0.3 is 25.2 Å². The lowest BCUT2D eigenvalue weighted by Crippen LogP contribution is -2.41. The number of aromatic nitrogens is 2. The van der Waals surface area contributed by atoms with E-state index in [2.05, 4.69) is 9.88 Å². The summed E-state index contributed by atoms with van der Waals surface area (Å²) < 4.78 is 1.34. The fourth-order valence-corrected chi connectivity index (χ4v) is 2.30. The van der Waals surface area contributed by atoms with Gasteiger partial charge in [-0.3, -0.25) is 0 Å². The third-order valence-corrected chi connectivity index (χ3v) is 3.29. The molecule has 1 aliphatic heterocycles. The molecule has 2 heterocycles. The minimum atomic E-state index is -0.692. The van der Waals surface area contributed by atoms with Crippen LogP contribution in [-0.4, -0.2) is 61.4 Å². The van der Waals surface area contributed by atoms with Gasteiger partial charge in [0.2, 0.25) is 0 Å². The molecule has 1 aliphatic rings. The van der Waals surface area contributed by atoms with E-state index >= 15 is 0 Å². The van der Waals surface area contributed by atoms with Crippen LogP contribution in [0.15, 0.2) is 12.4 Å². The van der Waals surface area contributed by atoms with Crippen LogP contribution >= 0.6 is 0 Å². The van der Waals surface area contributed by atoms with Crippen LogP contribution in [0.25, 0.3) is 0 Å². The number of imidazole rings is 1. The zero-order chi connectivity index (χ0) is 13.8. The quantitative estimate of drug-likeness (QED) is 0.557. The molecular formula is C11H18N4O4. The average molecular weight is 270 g/mol. The van der Waals surface area contributed by atoms with Crippen molar-refractivity contribution in [1.82, 2.24) is 14.5 Å². The van der Waals surface area contributed by atoms with Crippen LogP contribution in [0, 0.1) is 10.1 Å². The van der Waals surface area contributed by atoms with Gasteiger partial charge in [-0.05, 0) is 17.8 Å². The van der Waals surface area contributed by atoms with Gasteiger partial charge >= 0.3 is 5.95 Å².